The van der Waals surface area contributed by atoms with E-state index in [9.17, 15) is 14.4 Å². The summed E-state index contributed by atoms with van der Waals surface area (Å²) in [7, 11) is 3.12. The van der Waals surface area contributed by atoms with E-state index in [-0.39, 0.29) is 42.5 Å². The summed E-state index contributed by atoms with van der Waals surface area (Å²) >= 11 is 0. The largest absolute Gasteiger partial charge is 0.469 e. The SMILES string of the molecule is COC(=O)CCCO[C@H]1CC[C@H](OCCNC(=O)C2CC(=O)N(C)[C@@H]2c2cccnc2)CC1. The molecule has 2 aliphatic rings. The van der Waals surface area contributed by atoms with E-state index in [4.69, 9.17) is 9.47 Å². The molecule has 2 fully saturated rings. The van der Waals surface area contributed by atoms with Gasteiger partial charge in [0.25, 0.3) is 0 Å². The van der Waals surface area contributed by atoms with Crippen molar-refractivity contribution in [2.24, 2.45) is 5.92 Å². The number of methoxy groups -OCH3 is 1. The van der Waals surface area contributed by atoms with Gasteiger partial charge in [-0.25, -0.2) is 0 Å². The van der Waals surface area contributed by atoms with Gasteiger partial charge in [-0.1, -0.05) is 6.07 Å². The molecule has 1 N–H and O–H groups in total. The number of carbonyl (C=O) groups is 3. The summed E-state index contributed by atoms with van der Waals surface area (Å²) in [6.45, 7) is 1.42. The second-order valence-electron chi connectivity index (χ2n) is 8.66. The lowest BCUT2D eigenvalue weighted by molar-refractivity contribution is -0.141. The first-order chi connectivity index (χ1) is 16.0. The van der Waals surface area contributed by atoms with Crippen LogP contribution in [0.15, 0.2) is 24.5 Å². The molecular weight excluding hydrogens is 426 g/mol. The molecule has 1 unspecified atom stereocenters. The van der Waals surface area contributed by atoms with E-state index in [0.29, 0.717) is 32.6 Å². The highest BCUT2D eigenvalue weighted by atomic mass is 16.5. The van der Waals surface area contributed by atoms with Gasteiger partial charge in [-0.3, -0.25) is 19.4 Å². The van der Waals surface area contributed by atoms with Gasteiger partial charge in [0.05, 0.1) is 37.9 Å². The standard InChI is InChI=1S/C24H35N3O6/c1-27-21(28)15-20(23(27)17-5-3-11-25-16-17)24(30)26-12-14-33-19-9-7-18(8-10-19)32-13-4-6-22(29)31-2/h3,5,11,16,18-20,23H,4,6-10,12-15H2,1-2H3,(H,26,30)/t18-,19-,20?,23-/m1/s1. The number of pyridine rings is 1. The summed E-state index contributed by atoms with van der Waals surface area (Å²) in [5.41, 5.74) is 0.867. The predicted octanol–water partition coefficient (Wildman–Crippen LogP) is 2.01. The van der Waals surface area contributed by atoms with E-state index in [1.54, 1.807) is 24.3 Å². The van der Waals surface area contributed by atoms with Gasteiger partial charge in [-0.15, -0.1) is 0 Å². The van der Waals surface area contributed by atoms with Crippen LogP contribution in [0.1, 0.15) is 56.6 Å². The molecule has 3 rings (SSSR count). The van der Waals surface area contributed by atoms with Crippen LogP contribution in [0.3, 0.4) is 0 Å². The number of nitrogens with one attached hydrogen (secondary N) is 1. The molecule has 33 heavy (non-hydrogen) atoms. The highest BCUT2D eigenvalue weighted by Crippen LogP contribution is 2.36. The van der Waals surface area contributed by atoms with Crippen molar-refractivity contribution in [3.05, 3.63) is 30.1 Å². The summed E-state index contributed by atoms with van der Waals surface area (Å²) in [6, 6.07) is 3.42. The topological polar surface area (TPSA) is 107 Å². The zero-order valence-corrected chi connectivity index (χ0v) is 19.5. The van der Waals surface area contributed by atoms with Crippen LogP contribution in [0, 0.1) is 5.92 Å². The van der Waals surface area contributed by atoms with Gasteiger partial charge in [0.2, 0.25) is 11.8 Å². The molecule has 0 radical (unpaired) electrons. The highest BCUT2D eigenvalue weighted by molar-refractivity contribution is 5.90. The lowest BCUT2D eigenvalue weighted by Crippen LogP contribution is -2.37. The number of hydrogen-bond donors (Lipinski definition) is 1. The lowest BCUT2D eigenvalue weighted by atomic mass is 9.94. The molecule has 1 aliphatic heterocycles. The smallest absolute Gasteiger partial charge is 0.305 e. The van der Waals surface area contributed by atoms with Gasteiger partial charge in [0, 0.05) is 45.4 Å². The number of likely N-dealkylation sites (tertiary alicyclic amines) is 1. The van der Waals surface area contributed by atoms with Crippen LogP contribution in [0.2, 0.25) is 0 Å². The fraction of sp³-hybridized carbons (Fsp3) is 0.667. The Morgan fingerprint density at radius 1 is 1.15 bits per heavy atom. The van der Waals surface area contributed by atoms with Crippen molar-refractivity contribution < 1.29 is 28.6 Å². The van der Waals surface area contributed by atoms with E-state index >= 15 is 0 Å². The zero-order chi connectivity index (χ0) is 23.6. The number of esters is 1. The third-order valence-corrected chi connectivity index (χ3v) is 6.43. The van der Waals surface area contributed by atoms with Crippen molar-refractivity contribution in [1.29, 1.82) is 0 Å². The molecule has 0 aromatic carbocycles. The number of rotatable bonds is 11. The molecular formula is C24H35N3O6. The Labute approximate surface area is 195 Å². The second-order valence-corrected chi connectivity index (χ2v) is 8.66. The Kier molecular flexibility index (Phi) is 9.62. The zero-order valence-electron chi connectivity index (χ0n) is 19.5. The van der Waals surface area contributed by atoms with Gasteiger partial charge >= 0.3 is 5.97 Å². The van der Waals surface area contributed by atoms with Gasteiger partial charge in [-0.05, 0) is 43.7 Å². The van der Waals surface area contributed by atoms with Crippen LogP contribution in [-0.4, -0.2) is 73.8 Å². The number of aromatic nitrogens is 1. The van der Waals surface area contributed by atoms with Crippen LogP contribution in [0.25, 0.3) is 0 Å². The molecule has 1 saturated carbocycles. The summed E-state index contributed by atoms with van der Waals surface area (Å²) in [4.78, 5) is 41.9. The maximum atomic E-state index is 12.8. The monoisotopic (exact) mass is 461 g/mol. The summed E-state index contributed by atoms with van der Waals surface area (Å²) in [6.07, 6.45) is 8.72. The van der Waals surface area contributed by atoms with Crippen LogP contribution >= 0.6 is 0 Å². The fourth-order valence-corrected chi connectivity index (χ4v) is 4.58. The average molecular weight is 462 g/mol. The van der Waals surface area contributed by atoms with Crippen molar-refractivity contribution in [2.75, 3.05) is 33.9 Å². The fourth-order valence-electron chi connectivity index (χ4n) is 4.58. The number of carbonyl (C=O) groups excluding carboxylic acids is 3. The Balaban J connectivity index is 1.32. The van der Waals surface area contributed by atoms with Crippen molar-refractivity contribution in [3.8, 4) is 0 Å². The summed E-state index contributed by atoms with van der Waals surface area (Å²) < 4.78 is 16.4. The molecule has 1 aromatic heterocycles. The third kappa shape index (κ3) is 7.23. The van der Waals surface area contributed by atoms with Crippen LogP contribution in [-0.2, 0) is 28.6 Å². The molecule has 2 heterocycles. The maximum Gasteiger partial charge on any atom is 0.305 e. The molecule has 1 saturated heterocycles. The minimum Gasteiger partial charge on any atom is -0.469 e. The molecule has 0 bridgehead atoms. The quantitative estimate of drug-likeness (QED) is 0.397. The minimum absolute atomic E-state index is 0.0375. The maximum absolute atomic E-state index is 12.8. The van der Waals surface area contributed by atoms with Crippen molar-refractivity contribution in [1.82, 2.24) is 15.2 Å². The van der Waals surface area contributed by atoms with Crippen LogP contribution in [0.5, 0.6) is 0 Å². The van der Waals surface area contributed by atoms with Crippen molar-refractivity contribution in [3.63, 3.8) is 0 Å². The van der Waals surface area contributed by atoms with E-state index < -0.39 is 5.92 Å². The number of nitrogens with zero attached hydrogens (tertiary/aromatic N) is 2. The number of hydrogen-bond acceptors (Lipinski definition) is 7. The van der Waals surface area contributed by atoms with Gasteiger partial charge in [0.1, 0.15) is 0 Å². The van der Waals surface area contributed by atoms with Crippen molar-refractivity contribution >= 4 is 17.8 Å². The molecule has 182 valence electrons. The van der Waals surface area contributed by atoms with Crippen LogP contribution < -0.4 is 5.32 Å². The summed E-state index contributed by atoms with van der Waals surface area (Å²) in [5, 5.41) is 2.94. The first kappa shape index (κ1) is 25.1. The number of amides is 2. The molecule has 9 nitrogen and oxygen atoms in total. The lowest BCUT2D eigenvalue weighted by Gasteiger charge is -2.29. The average Bonchev–Trinajstić information content (AvgIpc) is 3.14. The summed E-state index contributed by atoms with van der Waals surface area (Å²) in [5.74, 6) is -0.806. The van der Waals surface area contributed by atoms with Gasteiger partial charge < -0.3 is 24.4 Å². The number of ether oxygens (including phenoxy) is 3. The van der Waals surface area contributed by atoms with Gasteiger partial charge in [0.15, 0.2) is 0 Å². The van der Waals surface area contributed by atoms with E-state index in [0.717, 1.165) is 31.2 Å². The molecule has 2 amide bonds. The third-order valence-electron chi connectivity index (χ3n) is 6.43. The normalized spacial score (nSPS) is 25.2. The Bertz CT molecular complexity index is 782. The van der Waals surface area contributed by atoms with Gasteiger partial charge in [-0.2, -0.15) is 0 Å². The Morgan fingerprint density at radius 2 is 1.85 bits per heavy atom. The highest BCUT2D eigenvalue weighted by Gasteiger charge is 2.42. The Morgan fingerprint density at radius 3 is 2.48 bits per heavy atom. The molecule has 1 aliphatic carbocycles. The van der Waals surface area contributed by atoms with Crippen molar-refractivity contribution in [2.45, 2.75) is 63.2 Å². The first-order valence-electron chi connectivity index (χ1n) is 11.7. The van der Waals surface area contributed by atoms with E-state index in [2.05, 4.69) is 15.0 Å². The minimum atomic E-state index is -0.432. The van der Waals surface area contributed by atoms with Crippen LogP contribution in [0.4, 0.5) is 0 Å². The van der Waals surface area contributed by atoms with E-state index in [1.165, 1.54) is 7.11 Å². The Hall–Kier alpha value is -2.52. The van der Waals surface area contributed by atoms with E-state index in [1.807, 2.05) is 12.1 Å². The molecule has 9 heteroatoms. The predicted molar refractivity (Wildman–Crippen MR) is 120 cm³/mol. The molecule has 1 aromatic rings. The molecule has 0 spiro atoms. The first-order valence-corrected chi connectivity index (χ1v) is 11.7. The second kappa shape index (κ2) is 12.6. The molecule has 2 atom stereocenters.